The van der Waals surface area contributed by atoms with Gasteiger partial charge in [-0.05, 0) is 23.8 Å². The van der Waals surface area contributed by atoms with E-state index in [0.29, 0.717) is 17.2 Å². The molecule has 0 spiro atoms. The molecule has 0 radical (unpaired) electrons. The highest BCUT2D eigenvalue weighted by molar-refractivity contribution is 6.11. The van der Waals surface area contributed by atoms with Crippen molar-refractivity contribution in [3.05, 3.63) is 65.2 Å². The summed E-state index contributed by atoms with van der Waals surface area (Å²) in [6.45, 7) is -1.41. The molecule has 2 aromatic rings. The van der Waals surface area contributed by atoms with Crippen LogP contribution in [-0.4, -0.2) is 41.7 Å². The summed E-state index contributed by atoms with van der Waals surface area (Å²) in [4.78, 5) is 48.9. The predicted molar refractivity (Wildman–Crippen MR) is 92.1 cm³/mol. The number of hydrogen-bond acceptors (Lipinski definition) is 5. The van der Waals surface area contributed by atoms with E-state index in [9.17, 15) is 28.0 Å². The van der Waals surface area contributed by atoms with E-state index in [-0.39, 0.29) is 12.1 Å². The number of rotatable bonds is 5. The van der Waals surface area contributed by atoms with Crippen LogP contribution in [0, 0.1) is 11.6 Å². The van der Waals surface area contributed by atoms with Gasteiger partial charge >= 0.3 is 5.97 Å². The molecule has 0 saturated carbocycles. The maximum absolute atomic E-state index is 13.5. The van der Waals surface area contributed by atoms with Gasteiger partial charge in [-0.3, -0.25) is 24.1 Å². The zero-order valence-corrected chi connectivity index (χ0v) is 14.4. The fourth-order valence-electron chi connectivity index (χ4n) is 2.66. The summed E-state index contributed by atoms with van der Waals surface area (Å²) in [5.74, 6) is -4.81. The Morgan fingerprint density at radius 2 is 1.86 bits per heavy atom. The number of carbonyl (C=O) groups excluding carboxylic acids is 4. The maximum atomic E-state index is 13.5. The Hall–Kier alpha value is -3.62. The normalized spacial score (nSPS) is 13.1. The number of amides is 3. The second kappa shape index (κ2) is 7.95. The van der Waals surface area contributed by atoms with E-state index in [1.54, 1.807) is 24.3 Å². The number of carbonyl (C=O) groups is 4. The van der Waals surface area contributed by atoms with Crippen molar-refractivity contribution in [2.75, 3.05) is 18.5 Å². The molecule has 1 N–H and O–H groups in total. The molecule has 144 valence electrons. The molecule has 3 amide bonds. The lowest BCUT2D eigenvalue weighted by Gasteiger charge is -2.25. The summed E-state index contributed by atoms with van der Waals surface area (Å²) in [5, 5.41) is 2.12. The Morgan fingerprint density at radius 3 is 2.61 bits per heavy atom. The van der Waals surface area contributed by atoms with Crippen molar-refractivity contribution < 1.29 is 32.7 Å². The smallest absolute Gasteiger partial charge is 0.326 e. The van der Waals surface area contributed by atoms with E-state index in [1.807, 2.05) is 0 Å². The van der Waals surface area contributed by atoms with Crippen LogP contribution in [0.25, 0.3) is 0 Å². The van der Waals surface area contributed by atoms with Crippen molar-refractivity contribution in [3.8, 4) is 0 Å². The molecule has 28 heavy (non-hydrogen) atoms. The van der Waals surface area contributed by atoms with Gasteiger partial charge in [-0.25, -0.2) is 8.78 Å². The Morgan fingerprint density at radius 1 is 1.11 bits per heavy atom. The van der Waals surface area contributed by atoms with Crippen LogP contribution >= 0.6 is 0 Å². The number of fused-ring (bicyclic) bond motifs is 1. The first-order valence-electron chi connectivity index (χ1n) is 8.18. The van der Waals surface area contributed by atoms with Crippen LogP contribution in [0.15, 0.2) is 42.5 Å². The highest BCUT2D eigenvalue weighted by atomic mass is 19.1. The van der Waals surface area contributed by atoms with Crippen molar-refractivity contribution >= 4 is 29.4 Å². The molecule has 0 unspecified atom stereocenters. The van der Waals surface area contributed by atoms with E-state index in [2.05, 4.69) is 5.32 Å². The third kappa shape index (κ3) is 4.20. The molecule has 3 rings (SSSR count). The van der Waals surface area contributed by atoms with E-state index < -0.39 is 48.5 Å². The second-order valence-electron chi connectivity index (χ2n) is 5.95. The monoisotopic (exact) mass is 388 g/mol. The van der Waals surface area contributed by atoms with Crippen LogP contribution in [0.4, 0.5) is 14.5 Å². The van der Waals surface area contributed by atoms with Crippen molar-refractivity contribution in [2.45, 2.75) is 6.42 Å². The highest BCUT2D eigenvalue weighted by Gasteiger charge is 2.32. The minimum Gasteiger partial charge on any atom is -0.454 e. The topological polar surface area (TPSA) is 92.8 Å². The zero-order valence-electron chi connectivity index (χ0n) is 14.4. The molecule has 1 aliphatic heterocycles. The summed E-state index contributed by atoms with van der Waals surface area (Å²) in [5.41, 5.74) is 0.614. The first-order chi connectivity index (χ1) is 13.3. The first-order valence-corrected chi connectivity index (χ1v) is 8.18. The Bertz CT molecular complexity index is 977. The molecule has 0 bridgehead atoms. The quantitative estimate of drug-likeness (QED) is 0.621. The summed E-state index contributed by atoms with van der Waals surface area (Å²) < 4.78 is 31.1. The third-order valence-electron chi connectivity index (χ3n) is 3.99. The molecule has 7 nitrogen and oxygen atoms in total. The molecule has 0 saturated heterocycles. The van der Waals surface area contributed by atoms with Gasteiger partial charge in [0, 0.05) is 11.6 Å². The van der Waals surface area contributed by atoms with Gasteiger partial charge in [0.1, 0.15) is 18.2 Å². The number of benzene rings is 2. The number of nitrogens with zero attached hydrogens (tertiary/aromatic N) is 1. The average molecular weight is 388 g/mol. The lowest BCUT2D eigenvalue weighted by Crippen LogP contribution is -2.45. The van der Waals surface area contributed by atoms with Gasteiger partial charge in [0.15, 0.2) is 6.61 Å². The maximum Gasteiger partial charge on any atom is 0.326 e. The zero-order chi connectivity index (χ0) is 20.3. The van der Waals surface area contributed by atoms with Gasteiger partial charge in [-0.1, -0.05) is 18.2 Å². The Kier molecular flexibility index (Phi) is 5.44. The van der Waals surface area contributed by atoms with E-state index in [4.69, 9.17) is 4.74 Å². The van der Waals surface area contributed by atoms with Crippen LogP contribution in [0.5, 0.6) is 0 Å². The van der Waals surface area contributed by atoms with Gasteiger partial charge in [-0.2, -0.15) is 0 Å². The second-order valence-corrected chi connectivity index (χ2v) is 5.95. The molecular formula is C19H14F2N2O5. The van der Waals surface area contributed by atoms with Gasteiger partial charge in [0.25, 0.3) is 11.8 Å². The SMILES string of the molecule is O=C(COC(=O)CN1C(=O)Cc2ccccc2C1=O)Nc1ccc(F)cc1F. The van der Waals surface area contributed by atoms with Crippen LogP contribution in [0.1, 0.15) is 15.9 Å². The number of halogens is 2. The number of hydrogen-bond donors (Lipinski definition) is 1. The van der Waals surface area contributed by atoms with Gasteiger partial charge in [0.05, 0.1) is 12.1 Å². The predicted octanol–water partition coefficient (Wildman–Crippen LogP) is 1.67. The standard InChI is InChI=1S/C19H14F2N2O5/c20-12-5-6-15(14(21)8-12)22-16(24)10-28-18(26)9-23-17(25)7-11-3-1-2-4-13(11)19(23)27/h1-6,8H,7,9-10H2,(H,22,24). The van der Waals surface area contributed by atoms with Crippen molar-refractivity contribution in [2.24, 2.45) is 0 Å². The summed E-state index contributed by atoms with van der Waals surface area (Å²) >= 11 is 0. The largest absolute Gasteiger partial charge is 0.454 e. The molecule has 0 atom stereocenters. The van der Waals surface area contributed by atoms with Crippen molar-refractivity contribution in [1.29, 1.82) is 0 Å². The van der Waals surface area contributed by atoms with Crippen molar-refractivity contribution in [1.82, 2.24) is 4.90 Å². The number of ether oxygens (including phenoxy) is 1. The molecule has 2 aromatic carbocycles. The van der Waals surface area contributed by atoms with E-state index in [0.717, 1.165) is 17.0 Å². The van der Waals surface area contributed by atoms with Crippen LogP contribution in [0.2, 0.25) is 0 Å². The molecule has 0 fully saturated rings. The number of anilines is 1. The lowest BCUT2D eigenvalue weighted by atomic mass is 9.98. The summed E-state index contributed by atoms with van der Waals surface area (Å²) in [7, 11) is 0. The summed E-state index contributed by atoms with van der Waals surface area (Å²) in [6.07, 6.45) is -0.0283. The fourth-order valence-corrected chi connectivity index (χ4v) is 2.66. The van der Waals surface area contributed by atoms with Crippen LogP contribution in [0.3, 0.4) is 0 Å². The molecule has 1 heterocycles. The Balaban J connectivity index is 1.55. The van der Waals surface area contributed by atoms with Gasteiger partial charge < -0.3 is 10.1 Å². The number of nitrogens with one attached hydrogen (secondary N) is 1. The van der Waals surface area contributed by atoms with Gasteiger partial charge in [-0.15, -0.1) is 0 Å². The third-order valence-corrected chi connectivity index (χ3v) is 3.99. The van der Waals surface area contributed by atoms with E-state index >= 15 is 0 Å². The minimum atomic E-state index is -0.983. The highest BCUT2D eigenvalue weighted by Crippen LogP contribution is 2.19. The summed E-state index contributed by atoms with van der Waals surface area (Å²) in [6, 6.07) is 9.11. The Labute approximate surface area is 157 Å². The first kappa shape index (κ1) is 19.2. The van der Waals surface area contributed by atoms with Gasteiger partial charge in [0.2, 0.25) is 5.91 Å². The fraction of sp³-hybridized carbons (Fsp3) is 0.158. The molecule has 0 aliphatic carbocycles. The molecule has 0 aromatic heterocycles. The minimum absolute atomic E-state index is 0.0283. The van der Waals surface area contributed by atoms with E-state index in [1.165, 1.54) is 0 Å². The molecule has 9 heteroatoms. The lowest BCUT2D eigenvalue weighted by molar-refractivity contribution is -0.150. The average Bonchev–Trinajstić information content (AvgIpc) is 2.66. The van der Waals surface area contributed by atoms with Crippen LogP contribution < -0.4 is 5.32 Å². The number of esters is 1. The molecular weight excluding hydrogens is 374 g/mol. The van der Waals surface area contributed by atoms with Crippen molar-refractivity contribution in [3.63, 3.8) is 0 Å². The van der Waals surface area contributed by atoms with Crippen LogP contribution in [-0.2, 0) is 25.5 Å². The number of imide groups is 1. The molecule has 1 aliphatic rings.